The molecule has 0 amide bonds. The Morgan fingerprint density at radius 3 is 2.92 bits per heavy atom. The van der Waals surface area contributed by atoms with Crippen molar-refractivity contribution in [3.8, 4) is 0 Å². The van der Waals surface area contributed by atoms with Crippen molar-refractivity contribution >= 4 is 0 Å². The summed E-state index contributed by atoms with van der Waals surface area (Å²) in [6.45, 7) is 2.28. The van der Waals surface area contributed by atoms with E-state index in [9.17, 15) is 0 Å². The van der Waals surface area contributed by atoms with Crippen molar-refractivity contribution in [3.63, 3.8) is 0 Å². The quantitative estimate of drug-likeness (QED) is 0.624. The first-order valence-corrected chi connectivity index (χ1v) is 5.20. The molecule has 1 aliphatic rings. The normalized spacial score (nSPS) is 33.8. The third kappa shape index (κ3) is 2.98. The van der Waals surface area contributed by atoms with E-state index in [4.69, 9.17) is 0 Å². The predicted molar refractivity (Wildman–Crippen MR) is 54.2 cm³/mol. The summed E-state index contributed by atoms with van der Waals surface area (Å²) in [6, 6.07) is 0.721. The molecule has 1 N–H and O–H groups in total. The molecule has 0 saturated heterocycles. The van der Waals surface area contributed by atoms with Gasteiger partial charge >= 0.3 is 0 Å². The van der Waals surface area contributed by atoms with Crippen LogP contribution in [0.5, 0.6) is 0 Å². The van der Waals surface area contributed by atoms with Crippen LogP contribution in [0, 0.1) is 5.92 Å². The summed E-state index contributed by atoms with van der Waals surface area (Å²) in [7, 11) is 2.07. The number of hydrogen-bond donors (Lipinski definition) is 1. The fraction of sp³-hybridized carbons (Fsp3) is 0.818. The minimum atomic E-state index is 0.721. The molecule has 1 heteroatoms. The van der Waals surface area contributed by atoms with Gasteiger partial charge in [0.25, 0.3) is 0 Å². The van der Waals surface area contributed by atoms with Gasteiger partial charge in [0.1, 0.15) is 0 Å². The van der Waals surface area contributed by atoms with Gasteiger partial charge < -0.3 is 5.32 Å². The van der Waals surface area contributed by atoms with Gasteiger partial charge in [-0.3, -0.25) is 0 Å². The van der Waals surface area contributed by atoms with Gasteiger partial charge in [0.2, 0.25) is 0 Å². The lowest BCUT2D eigenvalue weighted by molar-refractivity contribution is 0.445. The highest BCUT2D eigenvalue weighted by Crippen LogP contribution is 2.19. The van der Waals surface area contributed by atoms with E-state index in [0.717, 1.165) is 12.0 Å². The van der Waals surface area contributed by atoms with Crippen LogP contribution in [0.1, 0.15) is 39.0 Å². The Kier molecular flexibility index (Phi) is 4.37. The molecule has 0 radical (unpaired) electrons. The molecule has 0 heterocycles. The van der Waals surface area contributed by atoms with E-state index in [1.54, 1.807) is 0 Å². The van der Waals surface area contributed by atoms with Crippen molar-refractivity contribution in [1.29, 1.82) is 0 Å². The number of nitrogens with one attached hydrogen (secondary N) is 1. The molecule has 0 aliphatic heterocycles. The zero-order valence-electron chi connectivity index (χ0n) is 8.34. The van der Waals surface area contributed by atoms with Crippen molar-refractivity contribution in [1.82, 2.24) is 5.32 Å². The van der Waals surface area contributed by atoms with Gasteiger partial charge in [-0.2, -0.15) is 0 Å². The summed E-state index contributed by atoms with van der Waals surface area (Å²) in [5, 5.41) is 3.35. The predicted octanol–water partition coefficient (Wildman–Crippen LogP) is 2.73. The third-order valence-corrected chi connectivity index (χ3v) is 2.89. The number of hydrogen-bond acceptors (Lipinski definition) is 1. The van der Waals surface area contributed by atoms with Crippen molar-refractivity contribution in [3.05, 3.63) is 12.2 Å². The molecule has 2 unspecified atom stereocenters. The Labute approximate surface area is 76.2 Å². The van der Waals surface area contributed by atoms with E-state index in [1.165, 1.54) is 32.1 Å². The van der Waals surface area contributed by atoms with Gasteiger partial charge in [0.15, 0.2) is 0 Å². The summed E-state index contributed by atoms with van der Waals surface area (Å²) < 4.78 is 0. The molecule has 2 atom stereocenters. The van der Waals surface area contributed by atoms with Crippen LogP contribution in [-0.4, -0.2) is 13.1 Å². The Hall–Kier alpha value is -0.300. The van der Waals surface area contributed by atoms with Gasteiger partial charge in [-0.1, -0.05) is 25.5 Å². The lowest BCUT2D eigenvalue weighted by Gasteiger charge is -2.19. The molecule has 0 bridgehead atoms. The highest BCUT2D eigenvalue weighted by molar-refractivity contribution is 4.92. The van der Waals surface area contributed by atoms with E-state index in [2.05, 4.69) is 31.4 Å². The molecule has 0 saturated carbocycles. The van der Waals surface area contributed by atoms with E-state index in [-0.39, 0.29) is 0 Å². The lowest BCUT2D eigenvalue weighted by atomic mass is 9.93. The molecule has 0 spiro atoms. The van der Waals surface area contributed by atoms with E-state index in [0.29, 0.717) is 0 Å². The standard InChI is InChI=1S/C11H21N/c1-3-10-6-4-8-11(12-2)9-5-7-10/h4,6,10-12H,3,5,7-9H2,1-2H3/b6-4+. The maximum Gasteiger partial charge on any atom is 0.00985 e. The second-order valence-corrected chi connectivity index (χ2v) is 3.75. The van der Waals surface area contributed by atoms with E-state index < -0.39 is 0 Å². The zero-order valence-corrected chi connectivity index (χ0v) is 8.34. The second kappa shape index (κ2) is 5.36. The molecule has 0 aromatic carbocycles. The van der Waals surface area contributed by atoms with Gasteiger partial charge in [-0.25, -0.2) is 0 Å². The Balaban J connectivity index is 2.39. The van der Waals surface area contributed by atoms with Crippen molar-refractivity contribution in [2.45, 2.75) is 45.1 Å². The van der Waals surface area contributed by atoms with Gasteiger partial charge in [-0.05, 0) is 38.6 Å². The smallest absolute Gasteiger partial charge is 0.00985 e. The summed E-state index contributed by atoms with van der Waals surface area (Å²) in [4.78, 5) is 0. The highest BCUT2D eigenvalue weighted by atomic mass is 14.9. The van der Waals surface area contributed by atoms with Crippen LogP contribution in [0.3, 0.4) is 0 Å². The molecule has 0 aromatic heterocycles. The third-order valence-electron chi connectivity index (χ3n) is 2.89. The minimum absolute atomic E-state index is 0.721. The molecule has 1 nitrogen and oxygen atoms in total. The molecular weight excluding hydrogens is 146 g/mol. The maximum atomic E-state index is 3.35. The highest BCUT2D eigenvalue weighted by Gasteiger charge is 2.09. The van der Waals surface area contributed by atoms with Crippen molar-refractivity contribution < 1.29 is 0 Å². The van der Waals surface area contributed by atoms with Gasteiger partial charge in [-0.15, -0.1) is 0 Å². The van der Waals surface area contributed by atoms with Crippen LogP contribution >= 0.6 is 0 Å². The fourth-order valence-corrected chi connectivity index (χ4v) is 1.88. The van der Waals surface area contributed by atoms with Crippen LogP contribution in [-0.2, 0) is 0 Å². The average Bonchev–Trinajstić information content (AvgIpc) is 2.05. The van der Waals surface area contributed by atoms with Crippen LogP contribution in [0.15, 0.2) is 12.2 Å². The Morgan fingerprint density at radius 2 is 2.25 bits per heavy atom. The average molecular weight is 167 g/mol. The van der Waals surface area contributed by atoms with Crippen molar-refractivity contribution in [2.24, 2.45) is 5.92 Å². The maximum absolute atomic E-state index is 3.35. The molecule has 0 aromatic rings. The Bertz CT molecular complexity index is 140. The molecule has 1 rings (SSSR count). The fourth-order valence-electron chi connectivity index (χ4n) is 1.88. The summed E-state index contributed by atoms with van der Waals surface area (Å²) in [5.41, 5.74) is 0. The summed E-state index contributed by atoms with van der Waals surface area (Å²) >= 11 is 0. The number of rotatable bonds is 2. The van der Waals surface area contributed by atoms with Crippen LogP contribution < -0.4 is 5.32 Å². The van der Waals surface area contributed by atoms with Gasteiger partial charge in [0.05, 0.1) is 0 Å². The first-order valence-electron chi connectivity index (χ1n) is 5.20. The molecule has 70 valence electrons. The van der Waals surface area contributed by atoms with Gasteiger partial charge in [0, 0.05) is 6.04 Å². The number of allylic oxidation sites excluding steroid dienone is 1. The molecular formula is C11H21N. The van der Waals surface area contributed by atoms with Crippen LogP contribution in [0.25, 0.3) is 0 Å². The van der Waals surface area contributed by atoms with E-state index in [1.807, 2.05) is 0 Å². The Morgan fingerprint density at radius 1 is 1.42 bits per heavy atom. The summed E-state index contributed by atoms with van der Waals surface area (Å²) in [6.07, 6.45) is 11.4. The molecule has 0 fully saturated rings. The monoisotopic (exact) mass is 167 g/mol. The topological polar surface area (TPSA) is 12.0 Å². The largest absolute Gasteiger partial charge is 0.317 e. The second-order valence-electron chi connectivity index (χ2n) is 3.75. The summed E-state index contributed by atoms with van der Waals surface area (Å²) in [5.74, 6) is 0.850. The molecule has 12 heavy (non-hydrogen) atoms. The van der Waals surface area contributed by atoms with Crippen LogP contribution in [0.4, 0.5) is 0 Å². The first kappa shape index (κ1) is 9.79. The minimum Gasteiger partial charge on any atom is -0.317 e. The molecule has 1 aliphatic carbocycles. The van der Waals surface area contributed by atoms with Crippen molar-refractivity contribution in [2.75, 3.05) is 7.05 Å². The van der Waals surface area contributed by atoms with Crippen LogP contribution in [0.2, 0.25) is 0 Å². The SMILES string of the molecule is CCC1/C=C/CC(NC)CCC1. The first-order chi connectivity index (χ1) is 5.86. The zero-order chi connectivity index (χ0) is 8.81. The van der Waals surface area contributed by atoms with E-state index >= 15 is 0 Å². The lowest BCUT2D eigenvalue weighted by Crippen LogP contribution is -2.25.